The Morgan fingerprint density at radius 1 is 0.913 bits per heavy atom. The van der Waals surface area contributed by atoms with E-state index >= 15 is 0 Å². The van der Waals surface area contributed by atoms with Crippen molar-refractivity contribution in [1.29, 1.82) is 0 Å². The van der Waals surface area contributed by atoms with Crippen molar-refractivity contribution in [2.75, 3.05) is 33.8 Å². The first-order valence-corrected chi connectivity index (χ1v) is 13.1. The molecule has 0 unspecified atom stereocenters. The number of rotatable bonds is 6. The predicted molar refractivity (Wildman–Crippen MR) is 136 cm³/mol. The van der Waals surface area contributed by atoms with E-state index in [0.29, 0.717) is 17.8 Å². The minimum absolute atomic E-state index is 0.0452. The third-order valence-electron chi connectivity index (χ3n) is 6.75. The van der Waals surface area contributed by atoms with Crippen LogP contribution in [0.5, 0.6) is 5.88 Å². The van der Waals surface area contributed by atoms with E-state index in [1.54, 1.807) is 13.3 Å². The molecule has 262 valence electrons. The Bertz CT molecular complexity index is 1140. The van der Waals surface area contributed by atoms with Gasteiger partial charge in [-0.15, -0.1) is 0 Å². The second kappa shape index (κ2) is 16.6. The molecule has 4 rings (SSSR count). The SMILES string of the molecule is COc1ncccc1CN1C[C@H]2C[C@@H](C(=O)NCC3CC3)N(C)[C@H]2C1.O=C(O)C(F)(F)F.O=C(O)C(F)(F)F.O=C(O)C(F)(F)F. The van der Waals surface area contributed by atoms with E-state index in [0.717, 1.165) is 44.1 Å². The lowest BCUT2D eigenvalue weighted by molar-refractivity contribution is -0.193. The molecule has 1 aromatic heterocycles. The molecule has 12 nitrogen and oxygen atoms in total. The van der Waals surface area contributed by atoms with E-state index < -0.39 is 36.4 Å². The monoisotopic (exact) mass is 686 g/mol. The lowest BCUT2D eigenvalue weighted by Crippen LogP contribution is -2.46. The Morgan fingerprint density at radius 2 is 1.39 bits per heavy atom. The molecule has 3 fully saturated rings. The first kappa shape index (κ1) is 40.1. The van der Waals surface area contributed by atoms with E-state index in [2.05, 4.69) is 33.2 Å². The molecular formula is C25H31F9N4O8. The van der Waals surface area contributed by atoms with Gasteiger partial charge in [-0.1, -0.05) is 6.07 Å². The summed E-state index contributed by atoms with van der Waals surface area (Å²) in [6, 6.07) is 4.56. The molecule has 21 heteroatoms. The van der Waals surface area contributed by atoms with Gasteiger partial charge >= 0.3 is 36.4 Å². The quantitative estimate of drug-likeness (QED) is 0.325. The topological polar surface area (TPSA) is 170 Å². The molecule has 1 amide bonds. The second-order valence-electron chi connectivity index (χ2n) is 10.2. The molecule has 1 saturated carbocycles. The number of carboxylic acid groups (broad SMARTS) is 3. The molecular weight excluding hydrogens is 655 g/mol. The summed E-state index contributed by atoms with van der Waals surface area (Å²) >= 11 is 0. The fraction of sp³-hybridized carbons (Fsp3) is 0.640. The van der Waals surface area contributed by atoms with Crippen molar-refractivity contribution in [2.45, 2.75) is 56.4 Å². The maximum Gasteiger partial charge on any atom is 0.490 e. The number of aliphatic carboxylic acids is 3. The second-order valence-corrected chi connectivity index (χ2v) is 10.2. The lowest BCUT2D eigenvalue weighted by atomic mass is 10.0. The van der Waals surface area contributed by atoms with Gasteiger partial charge in [0.1, 0.15) is 0 Å². The minimum atomic E-state index is -5.08. The maximum absolute atomic E-state index is 12.5. The number of hydrogen-bond donors (Lipinski definition) is 4. The van der Waals surface area contributed by atoms with Crippen LogP contribution < -0.4 is 10.1 Å². The Hall–Kier alpha value is -3.88. The normalized spacial score (nSPS) is 21.2. The predicted octanol–water partition coefficient (Wildman–Crippen LogP) is 3.02. The Morgan fingerprint density at radius 3 is 1.78 bits per heavy atom. The maximum atomic E-state index is 12.5. The molecule has 4 N–H and O–H groups in total. The number of hydrogen-bond acceptors (Lipinski definition) is 8. The number of nitrogens with one attached hydrogen (secondary N) is 1. The number of nitrogens with zero attached hydrogens (tertiary/aromatic N) is 3. The summed E-state index contributed by atoms with van der Waals surface area (Å²) in [5.74, 6) is -6.02. The van der Waals surface area contributed by atoms with Crippen LogP contribution in [0.1, 0.15) is 24.8 Å². The smallest absolute Gasteiger partial charge is 0.481 e. The number of likely N-dealkylation sites (tertiary alicyclic amines) is 2. The molecule has 2 saturated heterocycles. The van der Waals surface area contributed by atoms with E-state index in [1.165, 1.54) is 12.8 Å². The van der Waals surface area contributed by atoms with Crippen molar-refractivity contribution in [3.63, 3.8) is 0 Å². The highest BCUT2D eigenvalue weighted by Gasteiger charge is 2.47. The van der Waals surface area contributed by atoms with Crippen molar-refractivity contribution in [3.05, 3.63) is 23.9 Å². The zero-order valence-electron chi connectivity index (χ0n) is 24.1. The van der Waals surface area contributed by atoms with Gasteiger partial charge in [0.15, 0.2) is 0 Å². The van der Waals surface area contributed by atoms with Gasteiger partial charge in [0.05, 0.1) is 13.2 Å². The van der Waals surface area contributed by atoms with E-state index in [-0.39, 0.29) is 11.9 Å². The van der Waals surface area contributed by atoms with Gasteiger partial charge < -0.3 is 25.4 Å². The van der Waals surface area contributed by atoms with Crippen molar-refractivity contribution < 1.29 is 78.7 Å². The molecule has 0 aromatic carbocycles. The number of carbonyl (C=O) groups excluding carboxylic acids is 1. The summed E-state index contributed by atoms with van der Waals surface area (Å²) in [6.07, 6.45) is -9.96. The number of halogens is 9. The molecule has 3 atom stereocenters. The molecule has 1 aromatic rings. The van der Waals surface area contributed by atoms with Gasteiger partial charge in [-0.3, -0.25) is 14.6 Å². The standard InChI is InChI=1S/C19H28N4O2.3C2HF3O2/c1-22-16(18(24)21-9-13-5-6-13)8-15-11-23(12-17(15)22)10-14-4-3-7-20-19(14)25-2;3*3-2(4,5)1(6)7/h3-4,7,13,15-17H,5-6,8-12H2,1-2H3,(H,21,24);3*(H,6,7)/t15-,16+,17+;;;/m1.../s1. The molecule has 0 radical (unpaired) electrons. The zero-order chi connectivity index (χ0) is 35.6. The van der Waals surface area contributed by atoms with Crippen LogP contribution in [0.3, 0.4) is 0 Å². The van der Waals surface area contributed by atoms with Crippen molar-refractivity contribution >= 4 is 23.8 Å². The fourth-order valence-corrected chi connectivity index (χ4v) is 4.39. The minimum Gasteiger partial charge on any atom is -0.481 e. The van der Waals surface area contributed by atoms with Gasteiger partial charge in [-0.05, 0) is 44.2 Å². The number of fused-ring (bicyclic) bond motifs is 1. The number of likely N-dealkylation sites (N-methyl/N-ethyl adjacent to an activating group) is 1. The number of ether oxygens (including phenoxy) is 1. The largest absolute Gasteiger partial charge is 0.490 e. The summed E-state index contributed by atoms with van der Waals surface area (Å²) in [4.78, 5) is 48.2. The van der Waals surface area contributed by atoms with Crippen LogP contribution in [0.2, 0.25) is 0 Å². The van der Waals surface area contributed by atoms with Crippen LogP contribution in [0.4, 0.5) is 39.5 Å². The Labute approximate surface area is 255 Å². The Balaban J connectivity index is 0.000000413. The number of methoxy groups -OCH3 is 1. The first-order chi connectivity index (χ1) is 21.0. The summed E-state index contributed by atoms with van der Waals surface area (Å²) in [7, 11) is 3.78. The number of carbonyl (C=O) groups is 4. The van der Waals surface area contributed by atoms with Gasteiger partial charge in [-0.2, -0.15) is 39.5 Å². The van der Waals surface area contributed by atoms with Crippen LogP contribution in [0.25, 0.3) is 0 Å². The van der Waals surface area contributed by atoms with Gasteiger partial charge in [0, 0.05) is 44.0 Å². The summed E-state index contributed by atoms with van der Waals surface area (Å²) < 4.78 is 101. The first-order valence-electron chi connectivity index (χ1n) is 13.1. The highest BCUT2D eigenvalue weighted by Crippen LogP contribution is 2.36. The van der Waals surface area contributed by atoms with Crippen LogP contribution >= 0.6 is 0 Å². The molecule has 3 heterocycles. The molecule has 2 aliphatic heterocycles. The van der Waals surface area contributed by atoms with E-state index in [9.17, 15) is 44.3 Å². The number of pyridine rings is 1. The molecule has 46 heavy (non-hydrogen) atoms. The zero-order valence-corrected chi connectivity index (χ0v) is 24.1. The van der Waals surface area contributed by atoms with Gasteiger partial charge in [-0.25, -0.2) is 19.4 Å². The molecule has 1 aliphatic carbocycles. The average molecular weight is 687 g/mol. The average Bonchev–Trinajstić information content (AvgIpc) is 3.60. The number of alkyl halides is 9. The highest BCUT2D eigenvalue weighted by molar-refractivity contribution is 5.82. The van der Waals surface area contributed by atoms with Crippen LogP contribution in [-0.2, 0) is 25.7 Å². The Kier molecular flexibility index (Phi) is 14.5. The summed E-state index contributed by atoms with van der Waals surface area (Å²) in [5, 5.41) is 24.5. The third kappa shape index (κ3) is 13.6. The van der Waals surface area contributed by atoms with Crippen molar-refractivity contribution in [1.82, 2.24) is 20.1 Å². The third-order valence-corrected chi connectivity index (χ3v) is 6.75. The molecule has 0 bridgehead atoms. The highest BCUT2D eigenvalue weighted by atomic mass is 19.4. The molecule has 3 aliphatic rings. The van der Waals surface area contributed by atoms with Crippen LogP contribution in [0, 0.1) is 11.8 Å². The number of amides is 1. The lowest BCUT2D eigenvalue weighted by Gasteiger charge is -2.26. The van der Waals surface area contributed by atoms with Crippen LogP contribution in [0.15, 0.2) is 18.3 Å². The summed E-state index contributed by atoms with van der Waals surface area (Å²) in [5.41, 5.74) is 1.13. The van der Waals surface area contributed by atoms with E-state index in [1.807, 2.05) is 6.07 Å². The van der Waals surface area contributed by atoms with Gasteiger partial charge in [0.2, 0.25) is 11.8 Å². The van der Waals surface area contributed by atoms with Crippen molar-refractivity contribution in [3.8, 4) is 5.88 Å². The van der Waals surface area contributed by atoms with Crippen molar-refractivity contribution in [2.24, 2.45) is 11.8 Å². The number of aromatic nitrogens is 1. The van der Waals surface area contributed by atoms with E-state index in [4.69, 9.17) is 34.4 Å². The fourth-order valence-electron chi connectivity index (χ4n) is 4.39. The molecule has 0 spiro atoms. The number of carboxylic acids is 3. The van der Waals surface area contributed by atoms with Gasteiger partial charge in [0.25, 0.3) is 0 Å². The van der Waals surface area contributed by atoms with Crippen LogP contribution in [-0.4, -0.2) is 118 Å². The summed E-state index contributed by atoms with van der Waals surface area (Å²) in [6.45, 7) is 3.77.